The summed E-state index contributed by atoms with van der Waals surface area (Å²) in [6.07, 6.45) is 1.32. The second kappa shape index (κ2) is 6.57. The number of nitrogens with zero attached hydrogens (tertiary/aromatic N) is 1. The number of allylic oxidation sites excluding steroid dienone is 1. The van der Waals surface area contributed by atoms with E-state index in [1.54, 1.807) is 44.2 Å². The number of aryl methyl sites for hydroxylation is 2. The number of nitriles is 1. The zero-order valence-corrected chi connectivity index (χ0v) is 14.9. The molecule has 0 aliphatic heterocycles. The van der Waals surface area contributed by atoms with Gasteiger partial charge in [0.25, 0.3) is 0 Å². The van der Waals surface area contributed by atoms with Crippen LogP contribution >= 0.6 is 15.9 Å². The van der Waals surface area contributed by atoms with E-state index in [9.17, 15) is 18.8 Å². The topological polar surface area (TPSA) is 78.2 Å². The van der Waals surface area contributed by atoms with E-state index in [1.165, 1.54) is 18.2 Å². The molecule has 0 bridgehead atoms. The van der Waals surface area contributed by atoms with Crippen molar-refractivity contribution in [3.63, 3.8) is 0 Å². The molecule has 0 aliphatic rings. The molecule has 2 aromatic rings. The van der Waals surface area contributed by atoms with Gasteiger partial charge in [0.2, 0.25) is 9.84 Å². The van der Waals surface area contributed by atoms with Gasteiger partial charge in [-0.3, -0.25) is 0 Å². The third-order valence-corrected chi connectivity index (χ3v) is 5.54. The molecule has 0 atom stereocenters. The summed E-state index contributed by atoms with van der Waals surface area (Å²) in [5, 5.41) is 19.1. The second-order valence-corrected chi connectivity index (χ2v) is 7.91. The van der Waals surface area contributed by atoms with Gasteiger partial charge < -0.3 is 5.11 Å². The van der Waals surface area contributed by atoms with Crippen molar-refractivity contribution < 1.29 is 13.5 Å². The lowest BCUT2D eigenvalue weighted by molar-refractivity contribution is 0.467. The quantitative estimate of drug-likeness (QED) is 0.798. The van der Waals surface area contributed by atoms with Crippen LogP contribution in [0.5, 0.6) is 5.75 Å². The second-order valence-electron chi connectivity index (χ2n) is 5.08. The fourth-order valence-corrected chi connectivity index (χ4v) is 3.56. The van der Waals surface area contributed by atoms with Crippen LogP contribution in [-0.4, -0.2) is 13.5 Å². The van der Waals surface area contributed by atoms with Crippen molar-refractivity contribution in [2.45, 2.75) is 18.7 Å². The van der Waals surface area contributed by atoms with E-state index in [4.69, 9.17) is 0 Å². The highest BCUT2D eigenvalue weighted by atomic mass is 79.9. The Kier molecular flexibility index (Phi) is 4.93. The van der Waals surface area contributed by atoms with Gasteiger partial charge in [-0.05, 0) is 73.0 Å². The molecule has 2 rings (SSSR count). The molecule has 0 heterocycles. The van der Waals surface area contributed by atoms with E-state index in [-0.39, 0.29) is 15.6 Å². The lowest BCUT2D eigenvalue weighted by Crippen LogP contribution is -2.03. The van der Waals surface area contributed by atoms with Crippen LogP contribution in [0.25, 0.3) is 6.08 Å². The molecule has 4 nitrogen and oxygen atoms in total. The van der Waals surface area contributed by atoms with Crippen molar-refractivity contribution in [2.24, 2.45) is 0 Å². The highest BCUT2D eigenvalue weighted by molar-refractivity contribution is 9.10. The van der Waals surface area contributed by atoms with E-state index in [0.29, 0.717) is 16.7 Å². The lowest BCUT2D eigenvalue weighted by Gasteiger charge is -2.07. The molecular formula is C17H14BrNO3S. The van der Waals surface area contributed by atoms with Crippen molar-refractivity contribution in [1.29, 1.82) is 5.26 Å². The number of sulfone groups is 1. The van der Waals surface area contributed by atoms with E-state index >= 15 is 0 Å². The Morgan fingerprint density at radius 1 is 1.17 bits per heavy atom. The maximum Gasteiger partial charge on any atom is 0.216 e. The minimum atomic E-state index is -3.89. The van der Waals surface area contributed by atoms with Crippen LogP contribution in [0.4, 0.5) is 0 Å². The lowest BCUT2D eigenvalue weighted by atomic mass is 10.1. The van der Waals surface area contributed by atoms with Crippen LogP contribution in [0.1, 0.15) is 16.7 Å². The van der Waals surface area contributed by atoms with Gasteiger partial charge in [0.15, 0.2) is 0 Å². The number of phenolic OH excluding ortho intramolecular Hbond substituents is 1. The van der Waals surface area contributed by atoms with Crippen LogP contribution < -0.4 is 0 Å². The SMILES string of the molecule is Cc1cc(/C=C(/C#N)S(=O)(=O)c2ccc(Br)cc2)cc(C)c1O. The number of hydrogen-bond donors (Lipinski definition) is 1. The Labute approximate surface area is 143 Å². The standard InChI is InChI=1S/C17H14BrNO3S/c1-11-7-13(8-12(2)17(11)20)9-16(10-19)23(21,22)15-5-3-14(18)4-6-15/h3-9,20H,1-2H3/b16-9-. The first-order chi connectivity index (χ1) is 10.8. The molecule has 6 heteroatoms. The predicted octanol–water partition coefficient (Wildman–Crippen LogP) is 4.11. The van der Waals surface area contributed by atoms with Crippen LogP contribution in [0.15, 0.2) is 50.7 Å². The van der Waals surface area contributed by atoms with Gasteiger partial charge in [0.05, 0.1) is 4.90 Å². The molecule has 0 spiro atoms. The van der Waals surface area contributed by atoms with Crippen molar-refractivity contribution in [1.82, 2.24) is 0 Å². The summed E-state index contributed by atoms with van der Waals surface area (Å²) in [4.78, 5) is -0.287. The van der Waals surface area contributed by atoms with E-state index < -0.39 is 9.84 Å². The number of aromatic hydroxyl groups is 1. The Morgan fingerprint density at radius 2 is 1.70 bits per heavy atom. The molecule has 0 saturated carbocycles. The molecule has 0 amide bonds. The fraction of sp³-hybridized carbons (Fsp3) is 0.118. The van der Waals surface area contributed by atoms with Gasteiger partial charge in [-0.25, -0.2) is 8.42 Å². The van der Waals surface area contributed by atoms with Gasteiger partial charge in [-0.1, -0.05) is 15.9 Å². The molecule has 0 fully saturated rings. The maximum absolute atomic E-state index is 12.6. The molecule has 118 valence electrons. The van der Waals surface area contributed by atoms with Crippen molar-refractivity contribution in [2.75, 3.05) is 0 Å². The molecular weight excluding hydrogens is 378 g/mol. The first kappa shape index (κ1) is 17.3. The predicted molar refractivity (Wildman–Crippen MR) is 92.5 cm³/mol. The average molecular weight is 392 g/mol. The smallest absolute Gasteiger partial charge is 0.216 e. The number of rotatable bonds is 3. The summed E-state index contributed by atoms with van der Waals surface area (Å²) >= 11 is 3.24. The highest BCUT2D eigenvalue weighted by Crippen LogP contribution is 2.27. The fourth-order valence-electron chi connectivity index (χ4n) is 2.13. The average Bonchev–Trinajstić information content (AvgIpc) is 2.50. The summed E-state index contributed by atoms with van der Waals surface area (Å²) in [7, 11) is -3.89. The van der Waals surface area contributed by atoms with Crippen LogP contribution in [0.2, 0.25) is 0 Å². The zero-order valence-electron chi connectivity index (χ0n) is 12.5. The number of benzene rings is 2. The third-order valence-electron chi connectivity index (χ3n) is 3.33. The summed E-state index contributed by atoms with van der Waals surface area (Å²) < 4.78 is 25.9. The zero-order chi connectivity index (χ0) is 17.2. The maximum atomic E-state index is 12.6. The van der Waals surface area contributed by atoms with Crippen molar-refractivity contribution in [3.8, 4) is 11.8 Å². The van der Waals surface area contributed by atoms with Gasteiger partial charge in [-0.15, -0.1) is 0 Å². The van der Waals surface area contributed by atoms with Crippen LogP contribution in [0.3, 0.4) is 0 Å². The third kappa shape index (κ3) is 3.63. The highest BCUT2D eigenvalue weighted by Gasteiger charge is 2.20. The summed E-state index contributed by atoms with van der Waals surface area (Å²) in [6, 6.07) is 11.1. The van der Waals surface area contributed by atoms with Crippen molar-refractivity contribution >= 4 is 31.8 Å². The first-order valence-corrected chi connectivity index (χ1v) is 8.96. The van der Waals surface area contributed by atoms with E-state index in [1.807, 2.05) is 0 Å². The molecule has 0 aromatic heterocycles. The normalized spacial score (nSPS) is 12.0. The Hall–Kier alpha value is -2.10. The minimum absolute atomic E-state index is 0.0562. The van der Waals surface area contributed by atoms with E-state index in [2.05, 4.69) is 15.9 Å². The van der Waals surface area contributed by atoms with Crippen LogP contribution in [-0.2, 0) is 9.84 Å². The van der Waals surface area contributed by atoms with Crippen LogP contribution in [0, 0.1) is 25.2 Å². The Morgan fingerprint density at radius 3 is 2.17 bits per heavy atom. The molecule has 0 saturated heterocycles. The molecule has 0 radical (unpaired) electrons. The van der Waals surface area contributed by atoms with Gasteiger partial charge in [0.1, 0.15) is 16.7 Å². The van der Waals surface area contributed by atoms with Crippen molar-refractivity contribution in [3.05, 3.63) is 62.5 Å². The number of hydrogen-bond acceptors (Lipinski definition) is 4. The monoisotopic (exact) mass is 391 g/mol. The number of halogens is 1. The van der Waals surface area contributed by atoms with Gasteiger partial charge >= 0.3 is 0 Å². The Bertz CT molecular complexity index is 900. The van der Waals surface area contributed by atoms with Gasteiger partial charge in [-0.2, -0.15) is 5.26 Å². The largest absolute Gasteiger partial charge is 0.507 e. The molecule has 2 aromatic carbocycles. The number of phenols is 1. The Balaban J connectivity index is 2.55. The minimum Gasteiger partial charge on any atom is -0.507 e. The van der Waals surface area contributed by atoms with Gasteiger partial charge in [0, 0.05) is 4.47 Å². The molecule has 0 aliphatic carbocycles. The first-order valence-electron chi connectivity index (χ1n) is 6.68. The summed E-state index contributed by atoms with van der Waals surface area (Å²) in [6.45, 7) is 3.43. The molecule has 23 heavy (non-hydrogen) atoms. The summed E-state index contributed by atoms with van der Waals surface area (Å²) in [5.41, 5.74) is 1.79. The molecule has 0 unspecified atom stereocenters. The summed E-state index contributed by atoms with van der Waals surface area (Å²) in [5.74, 6) is 0.163. The molecule has 1 N–H and O–H groups in total. The van der Waals surface area contributed by atoms with E-state index in [0.717, 1.165) is 4.47 Å².